The molecule has 1 amide bonds. The van der Waals surface area contributed by atoms with Gasteiger partial charge in [-0.2, -0.15) is 5.10 Å². The van der Waals surface area contributed by atoms with Gasteiger partial charge in [0.05, 0.1) is 24.0 Å². The molecule has 0 radical (unpaired) electrons. The van der Waals surface area contributed by atoms with Gasteiger partial charge < -0.3 is 5.32 Å². The van der Waals surface area contributed by atoms with Crippen molar-refractivity contribution in [2.45, 2.75) is 6.54 Å². The summed E-state index contributed by atoms with van der Waals surface area (Å²) >= 11 is 0. The molecule has 2 heterocycles. The van der Waals surface area contributed by atoms with Gasteiger partial charge in [0.1, 0.15) is 18.3 Å². The van der Waals surface area contributed by atoms with Crippen LogP contribution in [0.1, 0.15) is 10.4 Å². The normalized spacial score (nSPS) is 10.7. The maximum atomic E-state index is 12.6. The fourth-order valence-electron chi connectivity index (χ4n) is 2.73. The van der Waals surface area contributed by atoms with E-state index in [0.717, 1.165) is 11.3 Å². The number of nitrogens with one attached hydrogen (secondary N) is 1. The number of carbonyl (C=O) groups is 1. The molecular weight excluding hydrogens is 342 g/mol. The first-order valence-electron chi connectivity index (χ1n) is 8.49. The van der Waals surface area contributed by atoms with Crippen LogP contribution >= 0.6 is 0 Å². The van der Waals surface area contributed by atoms with Crippen LogP contribution in [0, 0.1) is 0 Å². The van der Waals surface area contributed by atoms with E-state index in [1.165, 1.54) is 6.33 Å². The van der Waals surface area contributed by atoms with Crippen LogP contribution in [-0.2, 0) is 6.54 Å². The van der Waals surface area contributed by atoms with Crippen molar-refractivity contribution >= 4 is 5.91 Å². The summed E-state index contributed by atoms with van der Waals surface area (Å²) in [7, 11) is 0. The molecule has 8 nitrogen and oxygen atoms in total. The minimum Gasteiger partial charge on any atom is -0.350 e. The fourth-order valence-corrected chi connectivity index (χ4v) is 2.73. The highest BCUT2D eigenvalue weighted by atomic mass is 16.1. The Labute approximate surface area is 155 Å². The molecule has 0 aliphatic carbocycles. The Bertz CT molecular complexity index is 1030. The molecule has 0 bridgehead atoms. The summed E-state index contributed by atoms with van der Waals surface area (Å²) in [4.78, 5) is 16.5. The third-order valence-electron chi connectivity index (χ3n) is 4.05. The molecule has 0 fully saturated rings. The zero-order chi connectivity index (χ0) is 18.5. The molecule has 2 aromatic heterocycles. The lowest BCUT2D eigenvalue weighted by molar-refractivity contribution is 0.0951. The Balaban J connectivity index is 1.39. The second-order valence-electron chi connectivity index (χ2n) is 5.85. The van der Waals surface area contributed by atoms with E-state index in [-0.39, 0.29) is 5.91 Å². The quantitative estimate of drug-likeness (QED) is 0.568. The molecule has 8 heteroatoms. The first-order chi connectivity index (χ1) is 13.3. The van der Waals surface area contributed by atoms with Gasteiger partial charge in [-0.15, -0.1) is 5.10 Å². The molecule has 0 atom stereocenters. The molecule has 0 spiro atoms. The average Bonchev–Trinajstić information content (AvgIpc) is 3.41. The van der Waals surface area contributed by atoms with Gasteiger partial charge in [0, 0.05) is 12.1 Å². The number of benzene rings is 2. The summed E-state index contributed by atoms with van der Waals surface area (Å²) in [6, 6.07) is 17.1. The summed E-state index contributed by atoms with van der Waals surface area (Å²) in [5.74, 6) is -0.176. The van der Waals surface area contributed by atoms with Gasteiger partial charge in [-0.05, 0) is 12.1 Å². The van der Waals surface area contributed by atoms with E-state index < -0.39 is 0 Å². The second kappa shape index (κ2) is 7.61. The molecule has 27 heavy (non-hydrogen) atoms. The number of amides is 1. The SMILES string of the molecule is O=C(NCCn1cc(-c2ccccc2)nn1)c1ccccc1-n1cncn1. The third kappa shape index (κ3) is 3.74. The average molecular weight is 359 g/mol. The van der Waals surface area contributed by atoms with Gasteiger partial charge >= 0.3 is 0 Å². The number of hydrogen-bond acceptors (Lipinski definition) is 5. The Morgan fingerprint density at radius 3 is 2.67 bits per heavy atom. The van der Waals surface area contributed by atoms with Crippen LogP contribution in [-0.4, -0.2) is 42.2 Å². The van der Waals surface area contributed by atoms with Crippen molar-refractivity contribution in [3.63, 3.8) is 0 Å². The number of para-hydroxylation sites is 1. The van der Waals surface area contributed by atoms with E-state index in [4.69, 9.17) is 0 Å². The van der Waals surface area contributed by atoms with E-state index in [1.807, 2.05) is 54.7 Å². The smallest absolute Gasteiger partial charge is 0.253 e. The summed E-state index contributed by atoms with van der Waals surface area (Å²) < 4.78 is 3.28. The lowest BCUT2D eigenvalue weighted by atomic mass is 10.1. The highest BCUT2D eigenvalue weighted by Gasteiger charge is 2.12. The van der Waals surface area contributed by atoms with Gasteiger partial charge in [-0.25, -0.2) is 9.67 Å². The van der Waals surface area contributed by atoms with Crippen LogP contribution in [0.4, 0.5) is 0 Å². The van der Waals surface area contributed by atoms with Crippen molar-refractivity contribution in [1.29, 1.82) is 0 Å². The monoisotopic (exact) mass is 359 g/mol. The van der Waals surface area contributed by atoms with Crippen molar-refractivity contribution in [2.24, 2.45) is 0 Å². The van der Waals surface area contributed by atoms with E-state index in [2.05, 4.69) is 25.7 Å². The largest absolute Gasteiger partial charge is 0.350 e. The standard InChI is InChI=1S/C19H17N7O/c27-19(16-8-4-5-9-18(16)26-14-20-13-22-26)21-10-11-25-12-17(23-24-25)15-6-2-1-3-7-15/h1-9,12-14H,10-11H2,(H,21,27). The van der Waals surface area contributed by atoms with Crippen LogP contribution in [0.3, 0.4) is 0 Å². The van der Waals surface area contributed by atoms with E-state index in [0.29, 0.717) is 24.3 Å². The summed E-state index contributed by atoms with van der Waals surface area (Å²) in [6.07, 6.45) is 4.86. The second-order valence-corrected chi connectivity index (χ2v) is 5.85. The highest BCUT2D eigenvalue weighted by molar-refractivity contribution is 5.97. The third-order valence-corrected chi connectivity index (χ3v) is 4.05. The van der Waals surface area contributed by atoms with E-state index in [1.54, 1.807) is 21.8 Å². The molecule has 4 rings (SSSR count). The summed E-state index contributed by atoms with van der Waals surface area (Å²) in [5, 5.41) is 15.3. The van der Waals surface area contributed by atoms with Gasteiger partial charge in [-0.3, -0.25) is 9.48 Å². The molecule has 4 aromatic rings. The Hall–Kier alpha value is -3.81. The zero-order valence-corrected chi connectivity index (χ0v) is 14.4. The Morgan fingerprint density at radius 1 is 1.04 bits per heavy atom. The number of rotatable bonds is 6. The van der Waals surface area contributed by atoms with E-state index >= 15 is 0 Å². The number of nitrogens with zero attached hydrogens (tertiary/aromatic N) is 6. The fraction of sp³-hybridized carbons (Fsp3) is 0.105. The predicted molar refractivity (Wildman–Crippen MR) is 99.2 cm³/mol. The maximum absolute atomic E-state index is 12.6. The summed E-state index contributed by atoms with van der Waals surface area (Å²) in [5.41, 5.74) is 3.03. The molecule has 2 aromatic carbocycles. The van der Waals surface area contributed by atoms with Crippen molar-refractivity contribution in [3.8, 4) is 16.9 Å². The van der Waals surface area contributed by atoms with Gasteiger partial charge in [0.15, 0.2) is 0 Å². The lowest BCUT2D eigenvalue weighted by Crippen LogP contribution is -2.28. The number of carbonyl (C=O) groups excluding carboxylic acids is 1. The first kappa shape index (κ1) is 16.6. The molecule has 0 aliphatic heterocycles. The number of hydrogen-bond donors (Lipinski definition) is 1. The van der Waals surface area contributed by atoms with Crippen LogP contribution in [0.2, 0.25) is 0 Å². The van der Waals surface area contributed by atoms with Crippen LogP contribution < -0.4 is 5.32 Å². The number of aromatic nitrogens is 6. The van der Waals surface area contributed by atoms with Crippen LogP contribution in [0.15, 0.2) is 73.4 Å². The molecule has 0 unspecified atom stereocenters. The molecule has 1 N–H and O–H groups in total. The predicted octanol–water partition coefficient (Wildman–Crippen LogP) is 1.96. The minimum atomic E-state index is -0.176. The molecule has 134 valence electrons. The molecule has 0 saturated heterocycles. The molecular formula is C19H17N7O. The van der Waals surface area contributed by atoms with Gasteiger partial charge in [0.25, 0.3) is 5.91 Å². The van der Waals surface area contributed by atoms with Crippen LogP contribution in [0.25, 0.3) is 16.9 Å². The van der Waals surface area contributed by atoms with Crippen molar-refractivity contribution in [2.75, 3.05) is 6.54 Å². The van der Waals surface area contributed by atoms with Crippen molar-refractivity contribution < 1.29 is 4.79 Å². The summed E-state index contributed by atoms with van der Waals surface area (Å²) in [6.45, 7) is 0.958. The van der Waals surface area contributed by atoms with Crippen molar-refractivity contribution in [3.05, 3.63) is 79.0 Å². The highest BCUT2D eigenvalue weighted by Crippen LogP contribution is 2.15. The van der Waals surface area contributed by atoms with Crippen LogP contribution in [0.5, 0.6) is 0 Å². The minimum absolute atomic E-state index is 0.176. The maximum Gasteiger partial charge on any atom is 0.253 e. The van der Waals surface area contributed by atoms with Gasteiger partial charge in [0.2, 0.25) is 0 Å². The zero-order valence-electron chi connectivity index (χ0n) is 14.4. The topological polar surface area (TPSA) is 90.5 Å². The van der Waals surface area contributed by atoms with E-state index in [9.17, 15) is 4.79 Å². The Morgan fingerprint density at radius 2 is 1.85 bits per heavy atom. The van der Waals surface area contributed by atoms with Gasteiger partial charge in [-0.1, -0.05) is 47.7 Å². The van der Waals surface area contributed by atoms with Crippen molar-refractivity contribution in [1.82, 2.24) is 35.1 Å². The first-order valence-corrected chi connectivity index (χ1v) is 8.49. The molecule has 0 saturated carbocycles. The Kier molecular flexibility index (Phi) is 4.69. The molecule has 0 aliphatic rings. The lowest BCUT2D eigenvalue weighted by Gasteiger charge is -2.09.